The van der Waals surface area contributed by atoms with E-state index in [2.05, 4.69) is 24.1 Å². The molecule has 2 N–H and O–H groups in total. The number of nitrogens with one attached hydrogen (secondary N) is 1. The summed E-state index contributed by atoms with van der Waals surface area (Å²) < 4.78 is 0.924. The summed E-state index contributed by atoms with van der Waals surface area (Å²) in [6.07, 6.45) is 8.41. The Morgan fingerprint density at radius 2 is 2.12 bits per heavy atom. The number of hydrogen-bond donors (Lipinski definition) is 2. The predicted octanol–water partition coefficient (Wildman–Crippen LogP) is 4.92. The molecule has 1 aromatic heterocycles. The first-order chi connectivity index (χ1) is 12.5. The zero-order valence-corrected chi connectivity index (χ0v) is 17.2. The van der Waals surface area contributed by atoms with Gasteiger partial charge in [0.05, 0.1) is 16.8 Å². The molecule has 0 spiro atoms. The molecule has 146 valence electrons. The Balaban J connectivity index is 1.91. The quantitative estimate of drug-likeness (QED) is 0.576. The fourth-order valence-corrected chi connectivity index (χ4v) is 4.99. The van der Waals surface area contributed by atoms with Crippen LogP contribution >= 0.6 is 23.1 Å². The van der Waals surface area contributed by atoms with Gasteiger partial charge in [-0.3, -0.25) is 10.1 Å². The molecule has 0 atom stereocenters. The number of amides is 2. The number of hydrogen-bond acceptors (Lipinski definition) is 5. The van der Waals surface area contributed by atoms with Crippen LogP contribution in [0.5, 0.6) is 0 Å². The molecule has 8 heteroatoms. The first-order valence-electron chi connectivity index (χ1n) is 9.37. The number of thiazole rings is 1. The van der Waals surface area contributed by atoms with Crippen molar-refractivity contribution in [1.82, 2.24) is 9.88 Å². The lowest BCUT2D eigenvalue weighted by molar-refractivity contribution is -0.136. The number of carboxylic acids is 1. The highest BCUT2D eigenvalue weighted by atomic mass is 32.2. The maximum Gasteiger partial charge on any atom is 0.323 e. The second-order valence-electron chi connectivity index (χ2n) is 6.87. The van der Waals surface area contributed by atoms with Crippen LogP contribution in [0.1, 0.15) is 58.8 Å². The van der Waals surface area contributed by atoms with E-state index in [4.69, 9.17) is 5.11 Å². The number of anilines is 1. The van der Waals surface area contributed by atoms with Crippen LogP contribution in [0.15, 0.2) is 10.4 Å². The largest absolute Gasteiger partial charge is 0.481 e. The molecule has 0 saturated heterocycles. The number of aliphatic carboxylic acids is 1. The van der Waals surface area contributed by atoms with Gasteiger partial charge in [0.25, 0.3) is 0 Å². The number of unbranched alkanes of at least 4 members (excludes halogenated alkanes) is 1. The molecule has 1 aliphatic rings. The lowest BCUT2D eigenvalue weighted by Crippen LogP contribution is -2.45. The third-order valence-electron chi connectivity index (χ3n) is 4.70. The minimum absolute atomic E-state index is 0.0607. The van der Waals surface area contributed by atoms with Gasteiger partial charge in [-0.2, -0.15) is 0 Å². The molecular formula is C18H29N3O3S2. The zero-order valence-electron chi connectivity index (χ0n) is 15.6. The number of carbonyl (C=O) groups is 2. The minimum atomic E-state index is -0.802. The minimum Gasteiger partial charge on any atom is -0.481 e. The Morgan fingerprint density at radius 3 is 2.77 bits per heavy atom. The van der Waals surface area contributed by atoms with Gasteiger partial charge < -0.3 is 10.0 Å². The number of carbonyl (C=O) groups excluding carboxylic acids is 1. The van der Waals surface area contributed by atoms with Gasteiger partial charge in [-0.05, 0) is 38.0 Å². The van der Waals surface area contributed by atoms with Gasteiger partial charge in [-0.1, -0.05) is 31.6 Å². The molecule has 1 fully saturated rings. The van der Waals surface area contributed by atoms with Gasteiger partial charge in [0.2, 0.25) is 0 Å². The highest BCUT2D eigenvalue weighted by Crippen LogP contribution is 2.30. The van der Waals surface area contributed by atoms with Crippen molar-refractivity contribution in [2.24, 2.45) is 5.92 Å². The van der Waals surface area contributed by atoms with Gasteiger partial charge in [0.15, 0.2) is 5.13 Å². The molecule has 6 nitrogen and oxygen atoms in total. The van der Waals surface area contributed by atoms with Crippen LogP contribution in [0, 0.1) is 5.92 Å². The fraction of sp³-hybridized carbons (Fsp3) is 0.722. The predicted molar refractivity (Wildman–Crippen MR) is 107 cm³/mol. The Kier molecular flexibility index (Phi) is 8.71. The summed E-state index contributed by atoms with van der Waals surface area (Å²) in [6.45, 7) is 5.21. The molecule has 26 heavy (non-hydrogen) atoms. The second kappa shape index (κ2) is 10.8. The summed E-state index contributed by atoms with van der Waals surface area (Å²) in [5, 5.41) is 12.2. The summed E-state index contributed by atoms with van der Waals surface area (Å²) in [6, 6.07) is 0.261. The van der Waals surface area contributed by atoms with Gasteiger partial charge in [0, 0.05) is 18.3 Å². The fourth-order valence-electron chi connectivity index (χ4n) is 3.12. The Labute approximate surface area is 163 Å². The average molecular weight is 400 g/mol. The Bertz CT molecular complexity index is 586. The van der Waals surface area contributed by atoms with Crippen molar-refractivity contribution in [3.8, 4) is 0 Å². The molecule has 1 aliphatic carbocycles. The summed E-state index contributed by atoms with van der Waals surface area (Å²) in [7, 11) is 0. The summed E-state index contributed by atoms with van der Waals surface area (Å²) in [5.41, 5.74) is 0. The lowest BCUT2D eigenvalue weighted by atomic mass is 9.86. The van der Waals surface area contributed by atoms with Crippen LogP contribution in [-0.2, 0) is 4.79 Å². The molecule has 0 aliphatic heterocycles. The van der Waals surface area contributed by atoms with Crippen molar-refractivity contribution in [2.75, 3.05) is 17.6 Å². The molecule has 0 bridgehead atoms. The molecule has 0 aromatic carbocycles. The molecule has 0 unspecified atom stereocenters. The van der Waals surface area contributed by atoms with E-state index in [1.54, 1.807) is 6.20 Å². The van der Waals surface area contributed by atoms with E-state index in [0.29, 0.717) is 16.9 Å². The van der Waals surface area contributed by atoms with E-state index < -0.39 is 5.97 Å². The molecule has 0 radical (unpaired) electrons. The number of nitrogens with zero attached hydrogens (tertiary/aromatic N) is 2. The maximum absolute atomic E-state index is 12.8. The van der Waals surface area contributed by atoms with Crippen molar-refractivity contribution < 1.29 is 14.7 Å². The number of carboxylic acid groups (broad SMARTS) is 1. The molecule has 2 amide bonds. The summed E-state index contributed by atoms with van der Waals surface area (Å²) >= 11 is 2.86. The van der Waals surface area contributed by atoms with Crippen LogP contribution in [0.3, 0.4) is 0 Å². The van der Waals surface area contributed by atoms with E-state index in [1.165, 1.54) is 35.9 Å². The van der Waals surface area contributed by atoms with Crippen LogP contribution in [-0.4, -0.2) is 45.3 Å². The van der Waals surface area contributed by atoms with Crippen molar-refractivity contribution in [3.05, 3.63) is 6.20 Å². The number of aromatic nitrogens is 1. The third-order valence-corrected chi connectivity index (χ3v) is 6.81. The standard InChI is InChI=1S/C18H29N3O3S2/c1-3-4-10-21(14-7-5-13(2)6-8-14)18(24)20-17-19-12-16(26-17)25-11-9-15(22)23/h12-14H,3-11H2,1-2H3,(H,22,23)(H,19,20,24)/t13-,14-. The smallest absolute Gasteiger partial charge is 0.323 e. The van der Waals surface area contributed by atoms with E-state index in [0.717, 1.165) is 42.4 Å². The summed E-state index contributed by atoms with van der Waals surface area (Å²) in [5.74, 6) is 0.462. The summed E-state index contributed by atoms with van der Waals surface area (Å²) in [4.78, 5) is 29.7. The van der Waals surface area contributed by atoms with Crippen LogP contribution < -0.4 is 5.32 Å². The van der Waals surface area contributed by atoms with Gasteiger partial charge in [-0.25, -0.2) is 9.78 Å². The highest BCUT2D eigenvalue weighted by molar-refractivity contribution is 8.01. The highest BCUT2D eigenvalue weighted by Gasteiger charge is 2.27. The maximum atomic E-state index is 12.8. The Hall–Kier alpha value is -1.28. The molecule has 1 saturated carbocycles. The Morgan fingerprint density at radius 1 is 1.38 bits per heavy atom. The lowest BCUT2D eigenvalue weighted by Gasteiger charge is -2.36. The van der Waals surface area contributed by atoms with E-state index >= 15 is 0 Å². The molecule has 2 rings (SSSR count). The van der Waals surface area contributed by atoms with Crippen LogP contribution in [0.2, 0.25) is 0 Å². The first kappa shape index (κ1) is 21.0. The van der Waals surface area contributed by atoms with Crippen LogP contribution in [0.25, 0.3) is 0 Å². The van der Waals surface area contributed by atoms with Crippen molar-refractivity contribution in [2.45, 2.75) is 69.0 Å². The van der Waals surface area contributed by atoms with E-state index in [1.807, 2.05) is 4.90 Å². The topological polar surface area (TPSA) is 82.5 Å². The molecule has 1 aromatic rings. The van der Waals surface area contributed by atoms with Gasteiger partial charge in [0.1, 0.15) is 0 Å². The monoisotopic (exact) mass is 399 g/mol. The van der Waals surface area contributed by atoms with Crippen molar-refractivity contribution >= 4 is 40.2 Å². The van der Waals surface area contributed by atoms with E-state index in [9.17, 15) is 9.59 Å². The number of thioether (sulfide) groups is 1. The van der Waals surface area contributed by atoms with Crippen LogP contribution in [0.4, 0.5) is 9.93 Å². The zero-order chi connectivity index (χ0) is 18.9. The first-order valence-corrected chi connectivity index (χ1v) is 11.2. The molecule has 1 heterocycles. The normalized spacial score (nSPS) is 19.9. The van der Waals surface area contributed by atoms with Crippen molar-refractivity contribution in [3.63, 3.8) is 0 Å². The third kappa shape index (κ3) is 6.79. The van der Waals surface area contributed by atoms with Gasteiger partial charge in [-0.15, -0.1) is 11.8 Å². The number of rotatable bonds is 9. The number of urea groups is 1. The second-order valence-corrected chi connectivity index (χ2v) is 9.29. The van der Waals surface area contributed by atoms with Crippen molar-refractivity contribution in [1.29, 1.82) is 0 Å². The molecular weight excluding hydrogens is 370 g/mol. The SMILES string of the molecule is CCCCN(C(=O)Nc1ncc(SCCC(=O)O)s1)[C@H]1CC[C@H](C)CC1. The average Bonchev–Trinajstić information content (AvgIpc) is 3.03. The van der Waals surface area contributed by atoms with E-state index in [-0.39, 0.29) is 12.5 Å². The van der Waals surface area contributed by atoms with Gasteiger partial charge >= 0.3 is 12.0 Å².